The molecule has 1 heterocycles. The number of aromatic nitrogens is 1. The highest BCUT2D eigenvalue weighted by Crippen LogP contribution is 2.35. The lowest BCUT2D eigenvalue weighted by Gasteiger charge is -2.22. The molecule has 3 N–H and O–H groups in total. The van der Waals surface area contributed by atoms with E-state index >= 15 is 0 Å². The minimum atomic E-state index is -0.922. The molecule has 100 valence electrons. The lowest BCUT2D eigenvalue weighted by atomic mass is 9.85. The van der Waals surface area contributed by atoms with Crippen LogP contribution in [-0.4, -0.2) is 16.1 Å². The van der Waals surface area contributed by atoms with Gasteiger partial charge >= 0.3 is 5.97 Å². The van der Waals surface area contributed by atoms with Crippen LogP contribution in [0.2, 0.25) is 0 Å². The van der Waals surface area contributed by atoms with Crippen LogP contribution < -0.4 is 5.73 Å². The average Bonchev–Trinajstić information content (AvgIpc) is 2.72. The van der Waals surface area contributed by atoms with Crippen LogP contribution >= 0.6 is 11.3 Å². The summed E-state index contributed by atoms with van der Waals surface area (Å²) in [5, 5.41) is 9.90. The number of nitrogens with two attached hydrogens (primary N) is 1. The van der Waals surface area contributed by atoms with Crippen LogP contribution in [0.15, 0.2) is 24.3 Å². The first kappa shape index (κ1) is 13.5. The van der Waals surface area contributed by atoms with Gasteiger partial charge in [0.1, 0.15) is 9.88 Å². The largest absolute Gasteiger partial charge is 0.477 e. The van der Waals surface area contributed by atoms with E-state index in [4.69, 9.17) is 10.8 Å². The molecular weight excluding hydrogens is 260 g/mol. The van der Waals surface area contributed by atoms with Gasteiger partial charge in [-0.25, -0.2) is 9.78 Å². The first-order chi connectivity index (χ1) is 8.82. The molecule has 0 spiro atoms. The normalized spacial score (nSPS) is 11.5. The van der Waals surface area contributed by atoms with E-state index in [1.807, 2.05) is 38.1 Å². The van der Waals surface area contributed by atoms with Crippen molar-refractivity contribution in [2.24, 2.45) is 0 Å². The summed E-state index contributed by atoms with van der Waals surface area (Å²) in [6.07, 6.45) is 0. The number of benzene rings is 1. The number of thiazole rings is 1. The predicted octanol–water partition coefficient (Wildman–Crippen LogP) is 3.06. The smallest absolute Gasteiger partial charge is 0.347 e. The Balaban J connectivity index is 2.47. The van der Waals surface area contributed by atoms with Crippen molar-refractivity contribution in [3.8, 4) is 0 Å². The number of hydrogen-bond donors (Lipinski definition) is 2. The molecule has 2 aromatic rings. The number of rotatable bonds is 3. The number of carbonyl (C=O) groups is 1. The van der Waals surface area contributed by atoms with Crippen molar-refractivity contribution < 1.29 is 9.90 Å². The second-order valence-corrected chi connectivity index (χ2v) is 5.98. The molecule has 0 unspecified atom stereocenters. The number of anilines is 1. The lowest BCUT2D eigenvalue weighted by molar-refractivity contribution is 0.0701. The summed E-state index contributed by atoms with van der Waals surface area (Å²) in [4.78, 5) is 15.8. The maximum atomic E-state index is 11.1. The number of nitrogens with zero attached hydrogens (tertiary/aromatic N) is 1. The van der Waals surface area contributed by atoms with E-state index < -0.39 is 5.97 Å². The van der Waals surface area contributed by atoms with Crippen molar-refractivity contribution in [2.75, 3.05) is 5.73 Å². The number of nitrogen functional groups attached to an aromatic ring is 1. The number of aromatic carboxylic acids is 1. The highest BCUT2D eigenvalue weighted by molar-refractivity contribution is 7.13. The summed E-state index contributed by atoms with van der Waals surface area (Å²) in [6.45, 7) is 5.79. The molecule has 0 saturated heterocycles. The van der Waals surface area contributed by atoms with Gasteiger partial charge in [-0.1, -0.05) is 12.1 Å². The Labute approximate surface area is 115 Å². The molecule has 5 heteroatoms. The Hall–Kier alpha value is -1.88. The van der Waals surface area contributed by atoms with Gasteiger partial charge in [0, 0.05) is 11.1 Å². The van der Waals surface area contributed by atoms with E-state index in [0.29, 0.717) is 16.3 Å². The maximum absolute atomic E-state index is 11.1. The van der Waals surface area contributed by atoms with Crippen molar-refractivity contribution >= 4 is 23.0 Å². The molecule has 0 amide bonds. The van der Waals surface area contributed by atoms with Crippen LogP contribution in [0, 0.1) is 6.92 Å². The van der Waals surface area contributed by atoms with Crippen molar-refractivity contribution in [3.63, 3.8) is 0 Å². The molecule has 0 atom stereocenters. The number of aryl methyl sites for hydroxylation is 1. The van der Waals surface area contributed by atoms with Crippen LogP contribution in [-0.2, 0) is 5.41 Å². The Kier molecular flexibility index (Phi) is 3.32. The van der Waals surface area contributed by atoms with E-state index in [9.17, 15) is 4.79 Å². The maximum Gasteiger partial charge on any atom is 0.347 e. The van der Waals surface area contributed by atoms with Crippen molar-refractivity contribution in [3.05, 3.63) is 45.4 Å². The minimum absolute atomic E-state index is 0.304. The van der Waals surface area contributed by atoms with Crippen LogP contribution in [0.5, 0.6) is 0 Å². The van der Waals surface area contributed by atoms with Gasteiger partial charge in [-0.3, -0.25) is 0 Å². The summed E-state index contributed by atoms with van der Waals surface area (Å²) in [5.41, 5.74) is 7.69. The van der Waals surface area contributed by atoms with Crippen LogP contribution in [0.1, 0.15) is 39.8 Å². The van der Waals surface area contributed by atoms with E-state index in [2.05, 4.69) is 4.98 Å². The Bertz CT molecular complexity index is 615. The Morgan fingerprint density at radius 1 is 1.32 bits per heavy atom. The SMILES string of the molecule is Cc1nc(C(C)(C)c2ccc(N)cc2)sc1C(=O)O. The predicted molar refractivity (Wildman–Crippen MR) is 76.8 cm³/mol. The first-order valence-electron chi connectivity index (χ1n) is 5.89. The molecule has 1 aromatic carbocycles. The number of hydrogen-bond acceptors (Lipinski definition) is 4. The first-order valence-corrected chi connectivity index (χ1v) is 6.71. The van der Waals surface area contributed by atoms with E-state index in [1.165, 1.54) is 11.3 Å². The standard InChI is InChI=1S/C14H16N2O2S/c1-8-11(12(17)18)19-13(16-8)14(2,3)9-4-6-10(15)7-5-9/h4-7H,15H2,1-3H3,(H,17,18). The molecule has 0 bridgehead atoms. The zero-order chi connectivity index (χ0) is 14.2. The Morgan fingerprint density at radius 3 is 2.37 bits per heavy atom. The quantitative estimate of drug-likeness (QED) is 0.845. The van der Waals surface area contributed by atoms with Crippen molar-refractivity contribution in [1.82, 2.24) is 4.98 Å². The average molecular weight is 276 g/mol. The highest BCUT2D eigenvalue weighted by atomic mass is 32.1. The second kappa shape index (κ2) is 4.66. The lowest BCUT2D eigenvalue weighted by Crippen LogP contribution is -2.18. The van der Waals surface area contributed by atoms with Gasteiger partial charge in [-0.05, 0) is 38.5 Å². The molecule has 2 rings (SSSR count). The van der Waals surface area contributed by atoms with E-state index in [1.54, 1.807) is 6.92 Å². The summed E-state index contributed by atoms with van der Waals surface area (Å²) in [7, 11) is 0. The third kappa shape index (κ3) is 2.46. The summed E-state index contributed by atoms with van der Waals surface area (Å²) >= 11 is 1.23. The molecule has 19 heavy (non-hydrogen) atoms. The molecule has 0 aliphatic heterocycles. The van der Waals surface area contributed by atoms with Gasteiger partial charge in [0.2, 0.25) is 0 Å². The number of carboxylic acid groups (broad SMARTS) is 1. The van der Waals surface area contributed by atoms with Crippen molar-refractivity contribution in [1.29, 1.82) is 0 Å². The topological polar surface area (TPSA) is 76.2 Å². The van der Waals surface area contributed by atoms with Crippen LogP contribution in [0.3, 0.4) is 0 Å². The molecule has 0 saturated carbocycles. The monoisotopic (exact) mass is 276 g/mol. The fourth-order valence-electron chi connectivity index (χ4n) is 1.89. The zero-order valence-corrected chi connectivity index (χ0v) is 11.9. The zero-order valence-electron chi connectivity index (χ0n) is 11.1. The molecule has 0 aliphatic carbocycles. The molecule has 0 radical (unpaired) electrons. The molecule has 0 aliphatic rings. The molecule has 0 fully saturated rings. The Morgan fingerprint density at radius 2 is 1.89 bits per heavy atom. The van der Waals surface area contributed by atoms with Crippen molar-refractivity contribution in [2.45, 2.75) is 26.2 Å². The van der Waals surface area contributed by atoms with Gasteiger partial charge in [-0.2, -0.15) is 0 Å². The van der Waals surface area contributed by atoms with Crippen LogP contribution in [0.4, 0.5) is 5.69 Å². The molecular formula is C14H16N2O2S. The molecule has 4 nitrogen and oxygen atoms in total. The summed E-state index contributed by atoms with van der Waals surface area (Å²) in [5.74, 6) is -0.922. The van der Waals surface area contributed by atoms with Gasteiger partial charge < -0.3 is 10.8 Å². The van der Waals surface area contributed by atoms with E-state index in [0.717, 1.165) is 10.6 Å². The highest BCUT2D eigenvalue weighted by Gasteiger charge is 2.29. The van der Waals surface area contributed by atoms with Gasteiger partial charge in [0.15, 0.2) is 0 Å². The number of carboxylic acids is 1. The summed E-state index contributed by atoms with van der Waals surface area (Å²) in [6, 6.07) is 7.59. The summed E-state index contributed by atoms with van der Waals surface area (Å²) < 4.78 is 0. The third-order valence-corrected chi connectivity index (χ3v) is 4.63. The van der Waals surface area contributed by atoms with Gasteiger partial charge in [0.25, 0.3) is 0 Å². The fraction of sp³-hybridized carbons (Fsp3) is 0.286. The third-order valence-electron chi connectivity index (χ3n) is 3.16. The second-order valence-electron chi connectivity index (χ2n) is 4.99. The fourth-order valence-corrected chi connectivity index (χ4v) is 2.92. The van der Waals surface area contributed by atoms with E-state index in [-0.39, 0.29) is 5.41 Å². The van der Waals surface area contributed by atoms with Gasteiger partial charge in [0.05, 0.1) is 5.69 Å². The molecule has 1 aromatic heterocycles. The van der Waals surface area contributed by atoms with Crippen LogP contribution in [0.25, 0.3) is 0 Å². The van der Waals surface area contributed by atoms with Gasteiger partial charge in [-0.15, -0.1) is 11.3 Å². The minimum Gasteiger partial charge on any atom is -0.477 e.